The van der Waals surface area contributed by atoms with E-state index in [9.17, 15) is 13.2 Å². The molecule has 0 unspecified atom stereocenters. The normalized spacial score (nSPS) is 11.2. The summed E-state index contributed by atoms with van der Waals surface area (Å²) in [7, 11) is -0.234. The number of rotatable bonds is 5. The zero-order chi connectivity index (χ0) is 17.9. The molecule has 2 rings (SSSR count). The van der Waals surface area contributed by atoms with Crippen LogP contribution in [-0.2, 0) is 21.2 Å². The number of sulfonamides is 1. The Morgan fingerprint density at radius 2 is 1.67 bits per heavy atom. The SMILES string of the molecule is Cc1ccc(C)c(S(=O)(=O)Nc2ccc(CC(=O)N(C)C)cc2)c1. The highest BCUT2D eigenvalue weighted by Gasteiger charge is 2.17. The molecule has 128 valence electrons. The average molecular weight is 346 g/mol. The lowest BCUT2D eigenvalue weighted by molar-refractivity contribution is -0.127. The van der Waals surface area contributed by atoms with Gasteiger partial charge >= 0.3 is 0 Å². The monoisotopic (exact) mass is 346 g/mol. The maximum atomic E-state index is 12.6. The molecule has 0 aliphatic rings. The molecule has 1 amide bonds. The molecule has 0 bridgehead atoms. The highest BCUT2D eigenvalue weighted by Crippen LogP contribution is 2.21. The number of likely N-dealkylation sites (N-methyl/N-ethyl adjacent to an activating group) is 1. The highest BCUT2D eigenvalue weighted by atomic mass is 32.2. The third-order valence-electron chi connectivity index (χ3n) is 3.69. The van der Waals surface area contributed by atoms with E-state index in [0.717, 1.165) is 11.1 Å². The number of hydrogen-bond acceptors (Lipinski definition) is 3. The Kier molecular flexibility index (Phi) is 5.29. The molecule has 0 aliphatic heterocycles. The van der Waals surface area contributed by atoms with E-state index in [1.807, 2.05) is 13.0 Å². The Morgan fingerprint density at radius 3 is 2.25 bits per heavy atom. The zero-order valence-electron chi connectivity index (χ0n) is 14.3. The average Bonchev–Trinajstić information content (AvgIpc) is 2.51. The summed E-state index contributed by atoms with van der Waals surface area (Å²) >= 11 is 0. The summed E-state index contributed by atoms with van der Waals surface area (Å²) in [5.74, 6) is -0.00119. The molecule has 1 N–H and O–H groups in total. The third-order valence-corrected chi connectivity index (χ3v) is 5.22. The summed E-state index contributed by atoms with van der Waals surface area (Å²) in [5, 5.41) is 0. The van der Waals surface area contributed by atoms with E-state index in [-0.39, 0.29) is 17.2 Å². The molecule has 0 aromatic heterocycles. The first-order chi connectivity index (χ1) is 11.2. The van der Waals surface area contributed by atoms with E-state index in [4.69, 9.17) is 0 Å². The predicted molar refractivity (Wildman–Crippen MR) is 95.6 cm³/mol. The number of anilines is 1. The van der Waals surface area contributed by atoms with Crippen molar-refractivity contribution in [2.45, 2.75) is 25.2 Å². The molecule has 5 nitrogen and oxygen atoms in total. The number of carbonyl (C=O) groups excluding carboxylic acids is 1. The predicted octanol–water partition coefficient (Wildman–Crippen LogP) is 2.73. The van der Waals surface area contributed by atoms with Gasteiger partial charge in [-0.3, -0.25) is 9.52 Å². The van der Waals surface area contributed by atoms with Gasteiger partial charge in [0.15, 0.2) is 0 Å². The zero-order valence-corrected chi connectivity index (χ0v) is 15.1. The van der Waals surface area contributed by atoms with E-state index >= 15 is 0 Å². The van der Waals surface area contributed by atoms with Crippen molar-refractivity contribution in [1.29, 1.82) is 0 Å². The van der Waals surface area contributed by atoms with Crippen LogP contribution in [0.1, 0.15) is 16.7 Å². The molecule has 0 atom stereocenters. The molecular formula is C18H22N2O3S. The number of amides is 1. The van der Waals surface area contributed by atoms with Gasteiger partial charge in [-0.1, -0.05) is 24.3 Å². The van der Waals surface area contributed by atoms with Crippen LogP contribution in [-0.4, -0.2) is 33.3 Å². The molecule has 0 spiro atoms. The number of hydrogen-bond donors (Lipinski definition) is 1. The van der Waals surface area contributed by atoms with Crippen molar-refractivity contribution in [3.63, 3.8) is 0 Å². The first-order valence-corrected chi connectivity index (χ1v) is 9.06. The van der Waals surface area contributed by atoms with Gasteiger partial charge in [0, 0.05) is 19.8 Å². The van der Waals surface area contributed by atoms with E-state index in [0.29, 0.717) is 11.3 Å². The first kappa shape index (κ1) is 18.0. The van der Waals surface area contributed by atoms with Crippen LogP contribution in [0.2, 0.25) is 0 Å². The molecule has 0 aliphatic carbocycles. The van der Waals surface area contributed by atoms with Gasteiger partial charge < -0.3 is 4.90 Å². The number of benzene rings is 2. The fourth-order valence-corrected chi connectivity index (χ4v) is 3.62. The second-order valence-electron chi connectivity index (χ2n) is 6.04. The van der Waals surface area contributed by atoms with Crippen molar-refractivity contribution < 1.29 is 13.2 Å². The Morgan fingerprint density at radius 1 is 1.04 bits per heavy atom. The van der Waals surface area contributed by atoms with Gasteiger partial charge in [0.05, 0.1) is 11.3 Å². The number of nitrogens with one attached hydrogen (secondary N) is 1. The Bertz CT molecular complexity index is 841. The van der Waals surface area contributed by atoms with Gasteiger partial charge in [0.1, 0.15) is 0 Å². The molecule has 0 saturated heterocycles. The summed E-state index contributed by atoms with van der Waals surface area (Å²) < 4.78 is 27.7. The topological polar surface area (TPSA) is 66.5 Å². The molecule has 24 heavy (non-hydrogen) atoms. The minimum absolute atomic E-state index is 0.00119. The molecule has 2 aromatic rings. The minimum atomic E-state index is -3.64. The molecular weight excluding hydrogens is 324 g/mol. The molecule has 0 radical (unpaired) electrons. The van der Waals surface area contributed by atoms with Crippen LogP contribution in [0, 0.1) is 13.8 Å². The summed E-state index contributed by atoms with van der Waals surface area (Å²) in [6.45, 7) is 3.62. The number of nitrogens with zero attached hydrogens (tertiary/aromatic N) is 1. The van der Waals surface area contributed by atoms with Crippen molar-refractivity contribution in [3.05, 3.63) is 59.2 Å². The summed E-state index contributed by atoms with van der Waals surface area (Å²) in [6.07, 6.45) is 0.289. The first-order valence-electron chi connectivity index (χ1n) is 7.58. The van der Waals surface area contributed by atoms with E-state index in [1.165, 1.54) is 4.90 Å². The van der Waals surface area contributed by atoms with Gasteiger partial charge in [-0.2, -0.15) is 0 Å². The largest absolute Gasteiger partial charge is 0.349 e. The van der Waals surface area contributed by atoms with Crippen molar-refractivity contribution in [2.24, 2.45) is 0 Å². The van der Waals surface area contributed by atoms with Gasteiger partial charge in [0.25, 0.3) is 10.0 Å². The second-order valence-corrected chi connectivity index (χ2v) is 7.69. The lowest BCUT2D eigenvalue weighted by Gasteiger charge is -2.12. The van der Waals surface area contributed by atoms with E-state index in [1.54, 1.807) is 57.4 Å². The Labute approximate surface area is 143 Å². The molecule has 0 fully saturated rings. The van der Waals surface area contributed by atoms with Crippen molar-refractivity contribution in [1.82, 2.24) is 4.90 Å². The van der Waals surface area contributed by atoms with Crippen LogP contribution < -0.4 is 4.72 Å². The van der Waals surface area contributed by atoms with E-state index in [2.05, 4.69) is 4.72 Å². The minimum Gasteiger partial charge on any atom is -0.349 e. The maximum Gasteiger partial charge on any atom is 0.262 e. The summed E-state index contributed by atoms with van der Waals surface area (Å²) in [6, 6.07) is 12.2. The fraction of sp³-hybridized carbons (Fsp3) is 0.278. The summed E-state index contributed by atoms with van der Waals surface area (Å²) in [4.78, 5) is 13.5. The quantitative estimate of drug-likeness (QED) is 0.905. The van der Waals surface area contributed by atoms with Gasteiger partial charge in [0.2, 0.25) is 5.91 Å². The van der Waals surface area contributed by atoms with Crippen LogP contribution in [0.25, 0.3) is 0 Å². The lowest BCUT2D eigenvalue weighted by atomic mass is 10.1. The Hall–Kier alpha value is -2.34. The molecule has 6 heteroatoms. The van der Waals surface area contributed by atoms with Crippen LogP contribution >= 0.6 is 0 Å². The summed E-state index contributed by atoms with van der Waals surface area (Å²) in [5.41, 5.74) is 2.89. The molecule has 0 saturated carbocycles. The van der Waals surface area contributed by atoms with Crippen molar-refractivity contribution in [3.8, 4) is 0 Å². The van der Waals surface area contributed by atoms with Crippen LogP contribution in [0.3, 0.4) is 0 Å². The van der Waals surface area contributed by atoms with Crippen LogP contribution in [0.4, 0.5) is 5.69 Å². The highest BCUT2D eigenvalue weighted by molar-refractivity contribution is 7.92. The van der Waals surface area contributed by atoms with Crippen LogP contribution in [0.15, 0.2) is 47.4 Å². The molecule has 0 heterocycles. The standard InChI is InChI=1S/C18H22N2O3S/c1-13-5-6-14(2)17(11-13)24(22,23)19-16-9-7-15(8-10-16)12-18(21)20(3)4/h5-11,19H,12H2,1-4H3. The number of carbonyl (C=O) groups is 1. The maximum absolute atomic E-state index is 12.6. The lowest BCUT2D eigenvalue weighted by Crippen LogP contribution is -2.23. The van der Waals surface area contributed by atoms with Gasteiger partial charge in [-0.05, 0) is 48.7 Å². The van der Waals surface area contributed by atoms with Crippen molar-refractivity contribution in [2.75, 3.05) is 18.8 Å². The molecule has 2 aromatic carbocycles. The third kappa shape index (κ3) is 4.35. The Balaban J connectivity index is 2.18. The van der Waals surface area contributed by atoms with E-state index < -0.39 is 10.0 Å². The van der Waals surface area contributed by atoms with Gasteiger partial charge in [-0.15, -0.1) is 0 Å². The van der Waals surface area contributed by atoms with Gasteiger partial charge in [-0.25, -0.2) is 8.42 Å². The second kappa shape index (κ2) is 7.05. The number of aryl methyl sites for hydroxylation is 2. The van der Waals surface area contributed by atoms with Crippen molar-refractivity contribution >= 4 is 21.6 Å². The smallest absolute Gasteiger partial charge is 0.262 e. The van der Waals surface area contributed by atoms with Crippen LogP contribution in [0.5, 0.6) is 0 Å². The fourth-order valence-electron chi connectivity index (χ4n) is 2.23.